The van der Waals surface area contributed by atoms with Crippen molar-refractivity contribution in [1.82, 2.24) is 0 Å². The van der Waals surface area contributed by atoms with Crippen LogP contribution >= 0.6 is 0 Å². The van der Waals surface area contributed by atoms with Gasteiger partial charge in [-0.15, -0.1) is 0 Å². The number of unbranched alkanes of at least 4 members (excludes halogenated alkanes) is 18. The molecule has 0 amide bonds. The molecule has 0 aliphatic rings. The van der Waals surface area contributed by atoms with Crippen molar-refractivity contribution >= 4 is 33.1 Å². The van der Waals surface area contributed by atoms with E-state index in [0.717, 1.165) is 25.7 Å². The summed E-state index contributed by atoms with van der Waals surface area (Å²) >= 11 is 0.149. The first-order valence-corrected chi connectivity index (χ1v) is 20.1. The molecule has 0 aromatic rings. The van der Waals surface area contributed by atoms with E-state index in [9.17, 15) is 9.59 Å². The van der Waals surface area contributed by atoms with Crippen molar-refractivity contribution in [3.05, 3.63) is 0 Å². The molecule has 0 saturated heterocycles. The average Bonchev–Trinajstić information content (AvgIpc) is 2.87. The summed E-state index contributed by atoms with van der Waals surface area (Å²) in [5.74, 6) is -1.32. The van der Waals surface area contributed by atoms with E-state index in [4.69, 9.17) is 10.2 Å². The van der Waals surface area contributed by atoms with Crippen molar-refractivity contribution in [2.24, 2.45) is 0 Å². The van der Waals surface area contributed by atoms with Crippen molar-refractivity contribution in [3.63, 3.8) is 0 Å². The first-order chi connectivity index (χ1) is 18.0. The third kappa shape index (κ3) is 52.9. The fraction of sp³-hybridized carbons (Fsp3) is 0.938. The van der Waals surface area contributed by atoms with Crippen molar-refractivity contribution in [1.29, 1.82) is 0 Å². The molecule has 0 aromatic heterocycles. The Morgan fingerprint density at radius 3 is 0.892 bits per heavy atom. The Morgan fingerprint density at radius 1 is 0.405 bits per heavy atom. The topological polar surface area (TPSA) is 74.6 Å². The van der Waals surface area contributed by atoms with E-state index in [0.29, 0.717) is 12.8 Å². The summed E-state index contributed by atoms with van der Waals surface area (Å²) in [6.07, 6.45) is 28.8. The van der Waals surface area contributed by atoms with E-state index in [2.05, 4.69) is 27.7 Å². The van der Waals surface area contributed by atoms with Gasteiger partial charge in [-0.05, 0) is 12.8 Å². The molecular weight excluding hydrogens is 567 g/mol. The minimum absolute atomic E-state index is 0.149. The molecule has 2 radical (unpaired) electrons. The molecule has 0 unspecified atom stereocenters. The van der Waals surface area contributed by atoms with E-state index in [1.807, 2.05) is 0 Å². The average molecular weight is 634 g/mol. The maximum atomic E-state index is 10.2. The summed E-state index contributed by atoms with van der Waals surface area (Å²) in [5, 5.41) is 16.8. The molecule has 5 heteroatoms. The van der Waals surface area contributed by atoms with Gasteiger partial charge in [0.05, 0.1) is 0 Å². The van der Waals surface area contributed by atoms with Gasteiger partial charge in [-0.3, -0.25) is 9.59 Å². The van der Waals surface area contributed by atoms with Crippen LogP contribution in [0.1, 0.15) is 182 Å². The number of carbonyl (C=O) groups is 2. The first-order valence-electron chi connectivity index (χ1n) is 16.1. The third-order valence-electron chi connectivity index (χ3n) is 6.40. The normalized spacial score (nSPS) is 10.3. The van der Waals surface area contributed by atoms with Crippen LogP contribution in [0.2, 0.25) is 8.87 Å². The van der Waals surface area contributed by atoms with Gasteiger partial charge in [-0.25, -0.2) is 0 Å². The number of rotatable bonds is 26. The SMILES string of the molecule is CCCCCCCCCCCC(=O)O.CCCCCCCCCCCC(=O)O.CCC[CH2][Sn][CH2]CCC. The predicted octanol–water partition coefficient (Wildman–Crippen LogP) is 11.1. The minimum atomic E-state index is -0.659. The standard InChI is InChI=1S/2C12H24O2.2C4H9.Sn/c2*1-2-3-4-5-6-7-8-9-10-11-12(13)14;2*1-3-4-2;/h2*2-11H2,1H3,(H,13,14);2*1,3-4H2,2H3;. The van der Waals surface area contributed by atoms with Crippen molar-refractivity contribution in [2.45, 2.75) is 191 Å². The molecule has 2 N–H and O–H groups in total. The van der Waals surface area contributed by atoms with Crippen LogP contribution in [0, 0.1) is 0 Å². The molecule has 0 atom stereocenters. The Morgan fingerprint density at radius 2 is 0.649 bits per heavy atom. The van der Waals surface area contributed by atoms with Crippen molar-refractivity contribution < 1.29 is 19.8 Å². The van der Waals surface area contributed by atoms with E-state index >= 15 is 0 Å². The van der Waals surface area contributed by atoms with E-state index in [1.165, 1.54) is 116 Å². The summed E-state index contributed by atoms with van der Waals surface area (Å²) in [4.78, 5) is 20.4. The zero-order valence-electron chi connectivity index (χ0n) is 25.6. The van der Waals surface area contributed by atoms with Gasteiger partial charge >= 0.3 is 81.5 Å². The van der Waals surface area contributed by atoms with Crippen LogP contribution in [0.25, 0.3) is 0 Å². The maximum absolute atomic E-state index is 10.2. The monoisotopic (exact) mass is 634 g/mol. The fourth-order valence-electron chi connectivity index (χ4n) is 3.90. The number of carboxylic acids is 2. The summed E-state index contributed by atoms with van der Waals surface area (Å²) in [6, 6.07) is 0. The van der Waals surface area contributed by atoms with Crippen LogP contribution in [0.5, 0.6) is 0 Å². The molecule has 37 heavy (non-hydrogen) atoms. The van der Waals surface area contributed by atoms with Crippen LogP contribution in [0.15, 0.2) is 0 Å². The molecule has 0 aliphatic heterocycles. The Hall–Kier alpha value is -0.261. The van der Waals surface area contributed by atoms with Gasteiger partial charge in [-0.1, -0.05) is 117 Å². The summed E-state index contributed by atoms with van der Waals surface area (Å²) in [5.41, 5.74) is 0. The molecule has 0 aromatic carbocycles. The third-order valence-corrected chi connectivity index (χ3v) is 10.4. The van der Waals surface area contributed by atoms with Crippen LogP contribution in [0.3, 0.4) is 0 Å². The van der Waals surface area contributed by atoms with Gasteiger partial charge in [0.25, 0.3) is 0 Å². The van der Waals surface area contributed by atoms with E-state index in [1.54, 1.807) is 8.87 Å². The number of hydrogen-bond acceptors (Lipinski definition) is 2. The Bertz CT molecular complexity index is 391. The van der Waals surface area contributed by atoms with Crippen LogP contribution in [-0.2, 0) is 9.59 Å². The molecule has 0 spiro atoms. The number of hydrogen-bond donors (Lipinski definition) is 2. The molecule has 0 fully saturated rings. The number of aliphatic carboxylic acids is 2. The van der Waals surface area contributed by atoms with Crippen LogP contribution in [0.4, 0.5) is 0 Å². The zero-order valence-corrected chi connectivity index (χ0v) is 28.4. The fourth-order valence-corrected chi connectivity index (χ4v) is 8.06. The van der Waals surface area contributed by atoms with E-state index < -0.39 is 11.9 Å². The van der Waals surface area contributed by atoms with E-state index in [-0.39, 0.29) is 21.1 Å². The Kier molecular flexibility index (Phi) is 44.8. The second-order valence-electron chi connectivity index (χ2n) is 10.4. The van der Waals surface area contributed by atoms with Gasteiger partial charge in [0.15, 0.2) is 0 Å². The van der Waals surface area contributed by atoms with Crippen molar-refractivity contribution in [2.75, 3.05) is 0 Å². The van der Waals surface area contributed by atoms with Gasteiger partial charge < -0.3 is 10.2 Å². The second-order valence-corrected chi connectivity index (χ2v) is 14.7. The van der Waals surface area contributed by atoms with Crippen molar-refractivity contribution in [3.8, 4) is 0 Å². The predicted molar refractivity (Wildman–Crippen MR) is 164 cm³/mol. The summed E-state index contributed by atoms with van der Waals surface area (Å²) in [7, 11) is 0. The van der Waals surface area contributed by atoms with Crippen LogP contribution in [-0.4, -0.2) is 43.3 Å². The molecule has 0 rings (SSSR count). The molecule has 222 valence electrons. The molecule has 4 nitrogen and oxygen atoms in total. The zero-order chi connectivity index (χ0) is 28.2. The summed E-state index contributed by atoms with van der Waals surface area (Å²) < 4.78 is 3.25. The Balaban J connectivity index is -0.000000481. The van der Waals surface area contributed by atoms with Gasteiger partial charge in [-0.2, -0.15) is 0 Å². The number of carboxylic acid groups (broad SMARTS) is 2. The second kappa shape index (κ2) is 40.2. The quantitative estimate of drug-likeness (QED) is 0.0734. The molecule has 0 saturated carbocycles. The van der Waals surface area contributed by atoms with Gasteiger partial charge in [0, 0.05) is 12.8 Å². The molecular formula is C32H66O4Sn. The molecule has 0 aliphatic carbocycles. The summed E-state index contributed by atoms with van der Waals surface area (Å²) in [6.45, 7) is 9.04. The van der Waals surface area contributed by atoms with Crippen LogP contribution < -0.4 is 0 Å². The molecule has 0 bridgehead atoms. The molecule has 0 heterocycles. The Labute approximate surface area is 242 Å². The van der Waals surface area contributed by atoms with Gasteiger partial charge in [0.2, 0.25) is 0 Å². The first kappa shape index (κ1) is 41.2. The van der Waals surface area contributed by atoms with Gasteiger partial charge in [0.1, 0.15) is 0 Å².